The highest BCUT2D eigenvalue weighted by Gasteiger charge is 2.08. The molecule has 0 fully saturated rings. The van der Waals surface area contributed by atoms with Crippen LogP contribution in [0.15, 0.2) is 30.6 Å². The van der Waals surface area contributed by atoms with Crippen molar-refractivity contribution in [1.29, 1.82) is 5.41 Å². The number of aromatic nitrogens is 1. The van der Waals surface area contributed by atoms with Crippen molar-refractivity contribution in [1.82, 2.24) is 4.73 Å². The number of benzene rings is 1. The topological polar surface area (TPSA) is 69.2 Å². The van der Waals surface area contributed by atoms with Gasteiger partial charge in [-0.15, -0.1) is 0 Å². The van der Waals surface area contributed by atoms with E-state index in [1.54, 1.807) is 6.07 Å². The first kappa shape index (κ1) is 7.67. The van der Waals surface area contributed by atoms with Gasteiger partial charge < -0.3 is 15.7 Å². The first-order chi connectivity index (χ1) is 6.18. The second-order valence-corrected chi connectivity index (χ2v) is 2.78. The molecule has 0 aromatic rings. The maximum Gasteiger partial charge on any atom is 0.123 e. The van der Waals surface area contributed by atoms with Gasteiger partial charge in [-0.3, -0.25) is 0 Å². The average Bonchev–Trinajstić information content (AvgIpc) is 2.12. The summed E-state index contributed by atoms with van der Waals surface area (Å²) >= 11 is 0. The molecule has 0 saturated carbocycles. The number of phenols is 1. The van der Waals surface area contributed by atoms with Gasteiger partial charge in [0.25, 0.3) is 0 Å². The summed E-state index contributed by atoms with van der Waals surface area (Å²) in [5.41, 5.74) is 1.09. The van der Waals surface area contributed by atoms with Crippen LogP contribution in [0.25, 0.3) is 11.1 Å². The Balaban J connectivity index is 2.91. The van der Waals surface area contributed by atoms with Gasteiger partial charge in [0.15, 0.2) is 0 Å². The fourth-order valence-electron chi connectivity index (χ4n) is 1.27. The van der Waals surface area contributed by atoms with Crippen molar-refractivity contribution < 1.29 is 10.3 Å². The molecule has 0 amide bonds. The standard InChI is InChI=1S/C9H8N2O2/c10-8-1-2-9(12)6-3-4-11(13)5-7(6)8/h1-5,10,12-13H. The van der Waals surface area contributed by atoms with Crippen LogP contribution in [0.4, 0.5) is 0 Å². The Morgan fingerprint density at radius 1 is 1.15 bits per heavy atom. The number of hydrogen-bond acceptors (Lipinski definition) is 3. The summed E-state index contributed by atoms with van der Waals surface area (Å²) in [5, 5.41) is 26.3. The van der Waals surface area contributed by atoms with Crippen molar-refractivity contribution in [3.63, 3.8) is 0 Å². The molecule has 1 aliphatic heterocycles. The van der Waals surface area contributed by atoms with Crippen molar-refractivity contribution in [2.75, 3.05) is 0 Å². The third kappa shape index (κ3) is 1.12. The lowest BCUT2D eigenvalue weighted by Crippen LogP contribution is -2.06. The largest absolute Gasteiger partial charge is 0.507 e. The maximum atomic E-state index is 9.41. The van der Waals surface area contributed by atoms with Crippen LogP contribution in [0.3, 0.4) is 0 Å². The first-order valence-electron chi connectivity index (χ1n) is 3.76. The van der Waals surface area contributed by atoms with Crippen LogP contribution in [-0.4, -0.2) is 15.0 Å². The maximum absolute atomic E-state index is 9.41. The highest BCUT2D eigenvalue weighted by atomic mass is 16.5. The molecule has 0 saturated heterocycles. The van der Waals surface area contributed by atoms with Gasteiger partial charge in [-0.05, 0) is 18.2 Å². The zero-order chi connectivity index (χ0) is 9.42. The van der Waals surface area contributed by atoms with Crippen molar-refractivity contribution in [2.45, 2.75) is 0 Å². The zero-order valence-electron chi connectivity index (χ0n) is 6.73. The quantitative estimate of drug-likeness (QED) is 0.524. The molecule has 4 nitrogen and oxygen atoms in total. The Bertz CT molecular complexity index is 476. The first-order valence-corrected chi connectivity index (χ1v) is 3.76. The predicted octanol–water partition coefficient (Wildman–Crippen LogP) is 1.02. The summed E-state index contributed by atoms with van der Waals surface area (Å²) in [4.78, 5) is 0. The van der Waals surface area contributed by atoms with Crippen LogP contribution in [-0.2, 0) is 0 Å². The van der Waals surface area contributed by atoms with E-state index >= 15 is 0 Å². The van der Waals surface area contributed by atoms with E-state index < -0.39 is 0 Å². The Hall–Kier alpha value is -1.97. The van der Waals surface area contributed by atoms with E-state index in [1.165, 1.54) is 24.5 Å². The van der Waals surface area contributed by atoms with Crippen LogP contribution in [0.2, 0.25) is 0 Å². The lowest BCUT2D eigenvalue weighted by Gasteiger charge is -2.08. The second kappa shape index (κ2) is 2.52. The van der Waals surface area contributed by atoms with Gasteiger partial charge in [0, 0.05) is 17.3 Å². The molecule has 2 aliphatic rings. The van der Waals surface area contributed by atoms with Gasteiger partial charge in [-0.25, -0.2) is 4.73 Å². The molecule has 4 heteroatoms. The normalized spacial score (nSPS) is 10.5. The van der Waals surface area contributed by atoms with E-state index in [0.717, 1.165) is 4.73 Å². The summed E-state index contributed by atoms with van der Waals surface area (Å²) in [7, 11) is 0. The molecular formula is C9H8N2O2. The Morgan fingerprint density at radius 2 is 1.92 bits per heavy atom. The highest BCUT2D eigenvalue weighted by Crippen LogP contribution is 2.26. The van der Waals surface area contributed by atoms with E-state index in [4.69, 9.17) is 10.6 Å². The summed E-state index contributed by atoms with van der Waals surface area (Å²) in [6.07, 6.45) is 2.79. The predicted molar refractivity (Wildman–Crippen MR) is 45.8 cm³/mol. The molecule has 0 bridgehead atoms. The number of rotatable bonds is 0. The smallest absolute Gasteiger partial charge is 0.123 e. The fourth-order valence-corrected chi connectivity index (χ4v) is 1.27. The molecule has 2 rings (SSSR count). The Labute approximate surface area is 74.1 Å². The molecule has 13 heavy (non-hydrogen) atoms. The van der Waals surface area contributed by atoms with E-state index in [9.17, 15) is 5.11 Å². The lowest BCUT2D eigenvalue weighted by atomic mass is 10.1. The highest BCUT2D eigenvalue weighted by molar-refractivity contribution is 5.69. The molecule has 0 spiro atoms. The minimum atomic E-state index is 0.117. The number of pyridine rings is 1. The van der Waals surface area contributed by atoms with Crippen LogP contribution < -0.4 is 5.36 Å². The minimum absolute atomic E-state index is 0.117. The Morgan fingerprint density at radius 3 is 2.69 bits per heavy atom. The third-order valence-electron chi connectivity index (χ3n) is 1.92. The average molecular weight is 176 g/mol. The molecule has 0 radical (unpaired) electrons. The number of nitrogens with zero attached hydrogens (tertiary/aromatic N) is 1. The molecule has 3 N–H and O–H groups in total. The summed E-state index contributed by atoms with van der Waals surface area (Å²) in [5.74, 6) is 0.117. The zero-order valence-corrected chi connectivity index (χ0v) is 6.73. The number of hydrogen-bond donors (Lipinski definition) is 3. The molecule has 1 heterocycles. The molecule has 66 valence electrons. The molecule has 0 unspecified atom stereocenters. The SMILES string of the molecule is N=c1ccc(O)c2ccn(O)cc1-2. The summed E-state index contributed by atoms with van der Waals surface area (Å²) in [6, 6.07) is 4.51. The molecular weight excluding hydrogens is 168 g/mol. The van der Waals surface area contributed by atoms with Crippen molar-refractivity contribution in [3.05, 3.63) is 36.0 Å². The van der Waals surface area contributed by atoms with Gasteiger partial charge in [-0.2, -0.15) is 0 Å². The van der Waals surface area contributed by atoms with Gasteiger partial charge in [-0.1, -0.05) is 0 Å². The number of nitrogens with one attached hydrogen (secondary N) is 1. The number of aromatic hydroxyl groups is 1. The number of fused-ring (bicyclic) bond motifs is 1. The fraction of sp³-hybridized carbons (Fsp3) is 0. The van der Waals surface area contributed by atoms with Gasteiger partial charge in [0.1, 0.15) is 5.75 Å². The molecule has 0 atom stereocenters. The van der Waals surface area contributed by atoms with Crippen molar-refractivity contribution in [2.24, 2.45) is 0 Å². The summed E-state index contributed by atoms with van der Waals surface area (Å²) < 4.78 is 0.861. The Kier molecular flexibility index (Phi) is 1.48. The van der Waals surface area contributed by atoms with E-state index in [0.29, 0.717) is 11.1 Å². The lowest BCUT2D eigenvalue weighted by molar-refractivity contribution is 0.184. The van der Waals surface area contributed by atoms with E-state index in [-0.39, 0.29) is 11.1 Å². The van der Waals surface area contributed by atoms with Crippen LogP contribution in [0.5, 0.6) is 5.75 Å². The summed E-state index contributed by atoms with van der Waals surface area (Å²) in [6.45, 7) is 0. The number of phenolic OH excluding ortho intramolecular Hbond substituents is 1. The van der Waals surface area contributed by atoms with E-state index in [1.807, 2.05) is 0 Å². The minimum Gasteiger partial charge on any atom is -0.507 e. The van der Waals surface area contributed by atoms with Crippen molar-refractivity contribution >= 4 is 0 Å². The molecule has 1 aliphatic carbocycles. The monoisotopic (exact) mass is 176 g/mol. The van der Waals surface area contributed by atoms with Gasteiger partial charge in [0.05, 0.1) is 11.6 Å². The van der Waals surface area contributed by atoms with Crippen molar-refractivity contribution in [3.8, 4) is 16.9 Å². The molecule has 0 aromatic carbocycles. The molecule has 0 aromatic heterocycles. The third-order valence-corrected chi connectivity index (χ3v) is 1.92. The van der Waals surface area contributed by atoms with Crippen LogP contribution in [0, 0.1) is 5.41 Å². The van der Waals surface area contributed by atoms with Crippen LogP contribution >= 0.6 is 0 Å². The van der Waals surface area contributed by atoms with Gasteiger partial charge in [0.2, 0.25) is 0 Å². The van der Waals surface area contributed by atoms with Crippen LogP contribution in [0.1, 0.15) is 0 Å². The van der Waals surface area contributed by atoms with Gasteiger partial charge >= 0.3 is 0 Å². The second-order valence-electron chi connectivity index (χ2n) is 2.78. The van der Waals surface area contributed by atoms with E-state index in [2.05, 4.69) is 0 Å².